The summed E-state index contributed by atoms with van der Waals surface area (Å²) in [5, 5.41) is 42.2. The highest BCUT2D eigenvalue weighted by molar-refractivity contribution is 8.07. The number of aromatic nitrogens is 8. The number of hydrogen-bond acceptors (Lipinski definition) is 20. The zero-order valence-electron chi connectivity index (χ0n) is 24.3. The summed E-state index contributed by atoms with van der Waals surface area (Å²) in [7, 11) is 0. The van der Waals surface area contributed by atoms with E-state index in [0.717, 1.165) is 0 Å². The molecule has 0 spiro atoms. The average Bonchev–Trinajstić information content (AvgIpc) is 3.80. The molecule has 0 saturated carbocycles. The van der Waals surface area contributed by atoms with E-state index in [1.165, 1.54) is 34.4 Å². The van der Waals surface area contributed by atoms with Crippen LogP contribution in [0.3, 0.4) is 0 Å². The van der Waals surface area contributed by atoms with Crippen molar-refractivity contribution in [1.82, 2.24) is 39.0 Å². The maximum atomic E-state index is 10.6. The van der Waals surface area contributed by atoms with Crippen LogP contribution >= 0.6 is 13.4 Å². The molecule has 2 saturated heterocycles. The molecule has 6 rings (SSSR count). The largest absolute Gasteiger partial charge is 0.387 e. The Morgan fingerprint density at radius 1 is 0.646 bits per heavy atom. The molecule has 10 atom stereocenters. The first kappa shape index (κ1) is 35.3. The SMILES string of the molecule is Nc1ncnc2c1ncn2C1OC(COP(O)(=S)OCCOP(O)(=S)OCC2OC(n3cnc4c(N)ncnc43)C(O)C2O)C(O)C1O. The molecular formula is C22H30N10O12P2S2. The van der Waals surface area contributed by atoms with Crippen molar-refractivity contribution in [2.75, 3.05) is 37.9 Å². The van der Waals surface area contributed by atoms with Gasteiger partial charge in [-0.15, -0.1) is 0 Å². The first-order valence-corrected chi connectivity index (χ1v) is 19.1. The van der Waals surface area contributed by atoms with E-state index in [-0.39, 0.29) is 47.2 Å². The van der Waals surface area contributed by atoms with Crippen molar-refractivity contribution < 1.29 is 57.8 Å². The molecule has 0 amide bonds. The van der Waals surface area contributed by atoms with Gasteiger partial charge in [0.25, 0.3) is 0 Å². The second-order valence-corrected chi connectivity index (χ2v) is 16.1. The number of hydrogen-bond donors (Lipinski definition) is 8. The van der Waals surface area contributed by atoms with Crippen LogP contribution in [0.2, 0.25) is 0 Å². The number of nitrogens with zero attached hydrogens (tertiary/aromatic N) is 8. The van der Waals surface area contributed by atoms with Crippen molar-refractivity contribution >= 4 is 71.0 Å². The summed E-state index contributed by atoms with van der Waals surface area (Å²) < 4.78 is 35.2. The van der Waals surface area contributed by atoms with Gasteiger partial charge in [-0.25, -0.2) is 29.9 Å². The molecule has 10 N–H and O–H groups in total. The van der Waals surface area contributed by atoms with Crippen molar-refractivity contribution in [3.05, 3.63) is 25.3 Å². The Hall–Kier alpha value is -2.48. The van der Waals surface area contributed by atoms with Crippen LogP contribution in [-0.2, 0) is 51.2 Å². The zero-order chi connectivity index (χ0) is 34.4. The molecule has 6 heterocycles. The van der Waals surface area contributed by atoms with Crippen LogP contribution in [0.15, 0.2) is 25.3 Å². The summed E-state index contributed by atoms with van der Waals surface area (Å²) in [6.07, 6.45) is -5.12. The Balaban J connectivity index is 0.945. The van der Waals surface area contributed by atoms with Crippen molar-refractivity contribution in [3.63, 3.8) is 0 Å². The summed E-state index contributed by atoms with van der Waals surface area (Å²) >= 11 is 9.98. The van der Waals surface area contributed by atoms with Crippen molar-refractivity contribution in [2.45, 2.75) is 49.1 Å². The van der Waals surface area contributed by atoms with E-state index in [4.69, 9.17) is 62.6 Å². The van der Waals surface area contributed by atoms with Gasteiger partial charge in [0.1, 0.15) is 60.3 Å². The van der Waals surface area contributed by atoms with Crippen LogP contribution < -0.4 is 11.5 Å². The van der Waals surface area contributed by atoms with Crippen LogP contribution in [0.4, 0.5) is 11.6 Å². The highest BCUT2D eigenvalue weighted by Gasteiger charge is 2.46. The van der Waals surface area contributed by atoms with Crippen LogP contribution in [0.5, 0.6) is 0 Å². The third kappa shape index (κ3) is 7.20. The second kappa shape index (κ2) is 14.0. The summed E-state index contributed by atoms with van der Waals surface area (Å²) in [4.78, 5) is 45.0. The molecule has 0 bridgehead atoms. The Labute approximate surface area is 279 Å². The number of anilines is 2. The van der Waals surface area contributed by atoms with E-state index in [9.17, 15) is 30.2 Å². The Morgan fingerprint density at radius 2 is 1.04 bits per heavy atom. The molecule has 0 aliphatic carbocycles. The Kier molecular flexibility index (Phi) is 10.3. The number of rotatable bonds is 13. The Morgan fingerprint density at radius 3 is 1.44 bits per heavy atom. The van der Waals surface area contributed by atoms with Gasteiger partial charge in [0, 0.05) is 0 Å². The average molecular weight is 753 g/mol. The molecule has 4 aromatic rings. The molecule has 48 heavy (non-hydrogen) atoms. The molecule has 0 radical (unpaired) electrons. The van der Waals surface area contributed by atoms with Gasteiger partial charge in [0.15, 0.2) is 35.4 Å². The number of nitrogens with two attached hydrogens (primary N) is 2. The molecule has 4 aromatic heterocycles. The maximum Gasteiger partial charge on any atom is 0.324 e. The van der Waals surface area contributed by atoms with Gasteiger partial charge < -0.3 is 69.2 Å². The molecule has 0 aromatic carbocycles. The topological polar surface area (TPSA) is 316 Å². The van der Waals surface area contributed by atoms with Crippen molar-refractivity contribution in [2.24, 2.45) is 0 Å². The van der Waals surface area contributed by atoms with Gasteiger partial charge in [-0.05, 0) is 23.6 Å². The van der Waals surface area contributed by atoms with Gasteiger partial charge >= 0.3 is 13.4 Å². The molecule has 26 heteroatoms. The standard InChI is InChI=1S/C22H30N10O12P2S2/c23-17-11-19(27-5-25-17)31(7-29-11)21-15(35)13(33)9(43-21)3-41-45(37,47)39-1-2-40-46(38,48)42-4-10-14(34)16(36)22(44-10)32-8-30-12-18(24)26-6-28-20(12)32/h5-10,13-16,21-22,33-36H,1-4H2,(H,37,47)(H,38,48)(H2,23,25,27)(H2,24,26,28). The molecule has 2 fully saturated rings. The van der Waals surface area contributed by atoms with E-state index in [1.54, 1.807) is 0 Å². The Bertz CT molecular complexity index is 1740. The quantitative estimate of drug-likeness (QED) is 0.0520. The molecule has 22 nitrogen and oxygen atoms in total. The van der Waals surface area contributed by atoms with E-state index < -0.39 is 75.7 Å². The van der Waals surface area contributed by atoms with Gasteiger partial charge in [0.05, 0.1) is 39.1 Å². The van der Waals surface area contributed by atoms with Gasteiger partial charge in [0.2, 0.25) is 0 Å². The van der Waals surface area contributed by atoms with E-state index in [2.05, 4.69) is 29.9 Å². The number of aliphatic hydroxyl groups is 4. The molecule has 10 unspecified atom stereocenters. The number of imidazole rings is 2. The first-order valence-electron chi connectivity index (χ1n) is 13.9. The van der Waals surface area contributed by atoms with Crippen LogP contribution in [0.25, 0.3) is 22.3 Å². The summed E-state index contributed by atoms with van der Waals surface area (Å²) in [6.45, 7) is -9.54. The summed E-state index contributed by atoms with van der Waals surface area (Å²) in [6, 6.07) is 0. The highest BCUT2D eigenvalue weighted by atomic mass is 32.5. The fraction of sp³-hybridized carbons (Fsp3) is 0.545. The molecular weight excluding hydrogens is 722 g/mol. The highest BCUT2D eigenvalue weighted by Crippen LogP contribution is 2.47. The predicted molar refractivity (Wildman–Crippen MR) is 168 cm³/mol. The fourth-order valence-corrected chi connectivity index (χ4v) is 7.26. The fourth-order valence-electron chi connectivity index (χ4n) is 5.02. The second-order valence-electron chi connectivity index (χ2n) is 10.5. The number of aliphatic hydroxyl groups excluding tert-OH is 4. The third-order valence-corrected chi connectivity index (χ3v) is 10.6. The number of nitrogen functional groups attached to an aromatic ring is 2. The van der Waals surface area contributed by atoms with Gasteiger partial charge in [-0.2, -0.15) is 0 Å². The van der Waals surface area contributed by atoms with Crippen LogP contribution in [-0.4, -0.2) is 132 Å². The molecule has 262 valence electrons. The van der Waals surface area contributed by atoms with Crippen molar-refractivity contribution in [3.8, 4) is 0 Å². The lowest BCUT2D eigenvalue weighted by Crippen LogP contribution is -2.33. The normalized spacial score (nSPS) is 30.2. The van der Waals surface area contributed by atoms with E-state index >= 15 is 0 Å². The van der Waals surface area contributed by atoms with Gasteiger partial charge in [-0.3, -0.25) is 9.13 Å². The first-order chi connectivity index (χ1) is 22.8. The third-order valence-electron chi connectivity index (χ3n) is 7.39. The van der Waals surface area contributed by atoms with Gasteiger partial charge in [-0.1, -0.05) is 0 Å². The minimum atomic E-state index is -3.92. The smallest absolute Gasteiger partial charge is 0.324 e. The zero-order valence-corrected chi connectivity index (χ0v) is 27.8. The number of fused-ring (bicyclic) bond motifs is 2. The van der Waals surface area contributed by atoms with Crippen LogP contribution in [0.1, 0.15) is 12.5 Å². The summed E-state index contributed by atoms with van der Waals surface area (Å²) in [5.41, 5.74) is 12.7. The maximum absolute atomic E-state index is 10.6. The van der Waals surface area contributed by atoms with Crippen molar-refractivity contribution in [1.29, 1.82) is 0 Å². The minimum Gasteiger partial charge on any atom is -0.387 e. The minimum absolute atomic E-state index is 0.120. The lowest BCUT2D eigenvalue weighted by atomic mass is 10.1. The monoisotopic (exact) mass is 752 g/mol. The lowest BCUT2D eigenvalue weighted by molar-refractivity contribution is -0.0503. The summed E-state index contributed by atoms with van der Waals surface area (Å²) in [5.74, 6) is 0.241. The predicted octanol–water partition coefficient (Wildman–Crippen LogP) is -2.43. The van der Waals surface area contributed by atoms with Crippen LogP contribution in [0, 0.1) is 0 Å². The molecule has 2 aliphatic heterocycles. The number of ether oxygens (including phenoxy) is 2. The lowest BCUT2D eigenvalue weighted by Gasteiger charge is -2.21. The van der Waals surface area contributed by atoms with E-state index in [0.29, 0.717) is 0 Å². The molecule has 2 aliphatic rings. The van der Waals surface area contributed by atoms with E-state index in [1.807, 2.05) is 0 Å².